The average molecular weight is 206 g/mol. The molecule has 1 N–H and O–H groups in total. The molecule has 1 atom stereocenters. The standard InChI is InChI=1S/C7H14N2O3S/c1-7(13(10,11)12)5-9-4-3-8(2)6-9/h3-4,7H,5-6H2,1-2H3,(H,10,11,12). The third-order valence-corrected chi connectivity index (χ3v) is 3.10. The second-order valence-electron chi connectivity index (χ2n) is 3.29. The number of rotatable bonds is 3. The van der Waals surface area contributed by atoms with Gasteiger partial charge in [-0.3, -0.25) is 4.55 Å². The summed E-state index contributed by atoms with van der Waals surface area (Å²) < 4.78 is 30.1. The largest absolute Gasteiger partial charge is 0.362 e. The predicted octanol–water partition coefficient (Wildman–Crippen LogP) is -0.0612. The Bertz CT molecular complexity index is 299. The van der Waals surface area contributed by atoms with Gasteiger partial charge in [0.15, 0.2) is 0 Å². The van der Waals surface area contributed by atoms with Gasteiger partial charge in [-0.1, -0.05) is 0 Å². The molecule has 1 heterocycles. The van der Waals surface area contributed by atoms with Gasteiger partial charge in [0.2, 0.25) is 0 Å². The van der Waals surface area contributed by atoms with E-state index in [-0.39, 0.29) is 0 Å². The first kappa shape index (κ1) is 10.3. The highest BCUT2D eigenvalue weighted by Gasteiger charge is 2.21. The summed E-state index contributed by atoms with van der Waals surface area (Å²) in [6.07, 6.45) is 3.67. The summed E-state index contributed by atoms with van der Waals surface area (Å²) in [5.74, 6) is 0. The molecular weight excluding hydrogens is 192 g/mol. The van der Waals surface area contributed by atoms with Crippen LogP contribution in [0.1, 0.15) is 6.92 Å². The Hall–Kier alpha value is -0.750. The Kier molecular flexibility index (Phi) is 2.82. The van der Waals surface area contributed by atoms with E-state index in [1.165, 1.54) is 6.92 Å². The van der Waals surface area contributed by atoms with E-state index in [0.29, 0.717) is 13.2 Å². The first-order chi connectivity index (χ1) is 5.89. The van der Waals surface area contributed by atoms with E-state index in [2.05, 4.69) is 0 Å². The number of hydrogen-bond acceptors (Lipinski definition) is 4. The van der Waals surface area contributed by atoms with Crippen LogP contribution >= 0.6 is 0 Å². The lowest BCUT2D eigenvalue weighted by molar-refractivity contribution is 0.294. The zero-order valence-corrected chi connectivity index (χ0v) is 8.53. The van der Waals surface area contributed by atoms with Crippen molar-refractivity contribution < 1.29 is 13.0 Å². The van der Waals surface area contributed by atoms with Crippen LogP contribution in [0.5, 0.6) is 0 Å². The number of nitrogens with zero attached hydrogens (tertiary/aromatic N) is 2. The van der Waals surface area contributed by atoms with Gasteiger partial charge < -0.3 is 9.80 Å². The van der Waals surface area contributed by atoms with Crippen molar-refractivity contribution in [2.75, 3.05) is 20.3 Å². The zero-order chi connectivity index (χ0) is 10.1. The lowest BCUT2D eigenvalue weighted by Gasteiger charge is -2.20. The van der Waals surface area contributed by atoms with Crippen molar-refractivity contribution in [1.82, 2.24) is 9.80 Å². The lowest BCUT2D eigenvalue weighted by atomic mass is 10.4. The molecular formula is C7H14N2O3S. The van der Waals surface area contributed by atoms with Crippen molar-refractivity contribution in [3.63, 3.8) is 0 Å². The SMILES string of the molecule is CC(CN1C=CN(C)C1)S(=O)(=O)O. The van der Waals surface area contributed by atoms with Crippen molar-refractivity contribution in [1.29, 1.82) is 0 Å². The Morgan fingerprint density at radius 1 is 1.54 bits per heavy atom. The molecule has 1 aliphatic rings. The minimum Gasteiger partial charge on any atom is -0.362 e. The van der Waals surface area contributed by atoms with E-state index in [9.17, 15) is 8.42 Å². The second kappa shape index (κ2) is 3.55. The molecule has 76 valence electrons. The van der Waals surface area contributed by atoms with Gasteiger partial charge in [-0.15, -0.1) is 0 Å². The Labute approximate surface area is 78.4 Å². The van der Waals surface area contributed by atoms with Gasteiger partial charge in [-0.2, -0.15) is 8.42 Å². The van der Waals surface area contributed by atoms with Crippen LogP contribution in [0, 0.1) is 0 Å². The van der Waals surface area contributed by atoms with E-state index < -0.39 is 15.4 Å². The highest BCUT2D eigenvalue weighted by Crippen LogP contribution is 2.07. The monoisotopic (exact) mass is 206 g/mol. The molecule has 0 aliphatic carbocycles. The van der Waals surface area contributed by atoms with Crippen LogP contribution in [0.15, 0.2) is 12.4 Å². The van der Waals surface area contributed by atoms with Crippen LogP contribution in [0.25, 0.3) is 0 Å². The van der Waals surface area contributed by atoms with Gasteiger partial charge in [-0.05, 0) is 6.92 Å². The first-order valence-electron chi connectivity index (χ1n) is 3.98. The Morgan fingerprint density at radius 3 is 2.54 bits per heavy atom. The normalized spacial score (nSPS) is 19.6. The van der Waals surface area contributed by atoms with Crippen molar-refractivity contribution in [2.24, 2.45) is 0 Å². The lowest BCUT2D eigenvalue weighted by Crippen LogP contribution is -2.33. The molecule has 0 saturated carbocycles. The van der Waals surface area contributed by atoms with Crippen molar-refractivity contribution >= 4 is 10.1 Å². The fraction of sp³-hybridized carbons (Fsp3) is 0.714. The van der Waals surface area contributed by atoms with Gasteiger partial charge >= 0.3 is 0 Å². The first-order valence-corrected chi connectivity index (χ1v) is 5.49. The molecule has 1 unspecified atom stereocenters. The Balaban J connectivity index is 2.47. The van der Waals surface area contributed by atoms with Crippen LogP contribution in [0.4, 0.5) is 0 Å². The fourth-order valence-corrected chi connectivity index (χ4v) is 1.51. The summed E-state index contributed by atoms with van der Waals surface area (Å²) in [5, 5.41) is -0.747. The molecule has 0 fully saturated rings. The zero-order valence-electron chi connectivity index (χ0n) is 7.71. The van der Waals surface area contributed by atoms with Crippen molar-refractivity contribution in [2.45, 2.75) is 12.2 Å². The molecule has 1 rings (SSSR count). The molecule has 5 nitrogen and oxygen atoms in total. The molecule has 0 spiro atoms. The maximum atomic E-state index is 10.7. The summed E-state index contributed by atoms with van der Waals surface area (Å²) in [4.78, 5) is 3.76. The molecule has 0 aromatic rings. The van der Waals surface area contributed by atoms with Gasteiger partial charge in [0.1, 0.15) is 5.25 Å². The van der Waals surface area contributed by atoms with Crippen LogP contribution in [0.3, 0.4) is 0 Å². The third-order valence-electron chi connectivity index (χ3n) is 1.94. The summed E-state index contributed by atoms with van der Waals surface area (Å²) >= 11 is 0. The van der Waals surface area contributed by atoms with E-state index in [0.717, 1.165) is 0 Å². The van der Waals surface area contributed by atoms with Gasteiger partial charge in [0.05, 0.1) is 6.67 Å². The summed E-state index contributed by atoms with van der Waals surface area (Å²) in [6.45, 7) is 2.47. The molecule has 0 bridgehead atoms. The van der Waals surface area contributed by atoms with E-state index in [1.54, 1.807) is 0 Å². The smallest absolute Gasteiger partial charge is 0.269 e. The van der Waals surface area contributed by atoms with Crippen molar-refractivity contribution in [3.8, 4) is 0 Å². The quantitative estimate of drug-likeness (QED) is 0.655. The predicted molar refractivity (Wildman–Crippen MR) is 49.5 cm³/mol. The minimum atomic E-state index is -3.90. The summed E-state index contributed by atoms with van der Waals surface area (Å²) in [5.41, 5.74) is 0. The summed E-state index contributed by atoms with van der Waals surface area (Å²) in [7, 11) is -2.00. The molecule has 6 heteroatoms. The molecule has 0 saturated heterocycles. The van der Waals surface area contributed by atoms with Gasteiger partial charge in [-0.25, -0.2) is 0 Å². The fourth-order valence-electron chi connectivity index (χ4n) is 1.13. The van der Waals surface area contributed by atoms with E-state index in [4.69, 9.17) is 4.55 Å². The van der Waals surface area contributed by atoms with Crippen molar-refractivity contribution in [3.05, 3.63) is 12.4 Å². The molecule has 13 heavy (non-hydrogen) atoms. The number of hydrogen-bond donors (Lipinski definition) is 1. The average Bonchev–Trinajstić information content (AvgIpc) is 2.33. The van der Waals surface area contributed by atoms with Crippen LogP contribution < -0.4 is 0 Å². The Morgan fingerprint density at radius 2 is 2.15 bits per heavy atom. The van der Waals surface area contributed by atoms with E-state index >= 15 is 0 Å². The maximum Gasteiger partial charge on any atom is 0.269 e. The highest BCUT2D eigenvalue weighted by molar-refractivity contribution is 7.86. The molecule has 1 aliphatic heterocycles. The minimum absolute atomic E-state index is 0.319. The van der Waals surface area contributed by atoms with Gasteiger partial charge in [0.25, 0.3) is 10.1 Å². The van der Waals surface area contributed by atoms with Crippen LogP contribution in [-0.2, 0) is 10.1 Å². The molecule has 0 radical (unpaired) electrons. The van der Waals surface area contributed by atoms with E-state index in [1.807, 2.05) is 29.2 Å². The molecule has 0 aromatic carbocycles. The highest BCUT2D eigenvalue weighted by atomic mass is 32.2. The van der Waals surface area contributed by atoms with Crippen LogP contribution in [-0.4, -0.2) is 48.3 Å². The second-order valence-corrected chi connectivity index (χ2v) is 5.13. The van der Waals surface area contributed by atoms with Crippen LogP contribution in [0.2, 0.25) is 0 Å². The topological polar surface area (TPSA) is 60.9 Å². The third kappa shape index (κ3) is 2.89. The summed E-state index contributed by atoms with van der Waals surface area (Å²) in [6, 6.07) is 0. The molecule has 0 amide bonds. The van der Waals surface area contributed by atoms with Gasteiger partial charge in [0, 0.05) is 26.0 Å². The maximum absolute atomic E-state index is 10.7. The molecule has 0 aromatic heterocycles.